The number of nitrogens with one attached hydrogen (secondary N) is 1. The van der Waals surface area contributed by atoms with Crippen LogP contribution in [0, 0.1) is 0 Å². The van der Waals surface area contributed by atoms with E-state index in [9.17, 15) is 4.79 Å². The summed E-state index contributed by atoms with van der Waals surface area (Å²) in [4.78, 5) is 11.3. The van der Waals surface area contributed by atoms with Crippen LogP contribution in [0.1, 0.15) is 28.9 Å². The van der Waals surface area contributed by atoms with Crippen LogP contribution in [0.5, 0.6) is 0 Å². The Labute approximate surface area is 131 Å². The Bertz CT molecular complexity index is 646. The van der Waals surface area contributed by atoms with Crippen molar-refractivity contribution >= 4 is 39.1 Å². The van der Waals surface area contributed by atoms with E-state index in [1.807, 2.05) is 37.3 Å². The molecule has 1 unspecified atom stereocenters. The molecule has 0 aliphatic rings. The van der Waals surface area contributed by atoms with Crippen molar-refractivity contribution in [1.82, 2.24) is 0 Å². The van der Waals surface area contributed by atoms with Gasteiger partial charge in [0.05, 0.1) is 10.6 Å². The molecule has 5 heteroatoms. The van der Waals surface area contributed by atoms with E-state index >= 15 is 0 Å². The number of primary amides is 1. The molecule has 0 saturated carbocycles. The monoisotopic (exact) mass is 352 g/mol. The summed E-state index contributed by atoms with van der Waals surface area (Å²) in [6.07, 6.45) is 0. The lowest BCUT2D eigenvalue weighted by atomic mass is 10.1. The fourth-order valence-electron chi connectivity index (χ4n) is 1.91. The van der Waals surface area contributed by atoms with Gasteiger partial charge in [0.1, 0.15) is 0 Å². The van der Waals surface area contributed by atoms with E-state index in [2.05, 4.69) is 21.2 Å². The van der Waals surface area contributed by atoms with Crippen molar-refractivity contribution in [1.29, 1.82) is 0 Å². The number of carbonyl (C=O) groups excluding carboxylic acids is 1. The SMILES string of the molecule is CC(Nc1ccc(Cl)c(C(N)=O)c1)c1cccc(Br)c1. The zero-order valence-electron chi connectivity index (χ0n) is 10.9. The van der Waals surface area contributed by atoms with Crippen molar-refractivity contribution in [2.24, 2.45) is 5.73 Å². The summed E-state index contributed by atoms with van der Waals surface area (Å²) < 4.78 is 1.03. The molecule has 0 radical (unpaired) electrons. The van der Waals surface area contributed by atoms with Crippen LogP contribution in [0.3, 0.4) is 0 Å². The molecule has 104 valence electrons. The molecule has 20 heavy (non-hydrogen) atoms. The molecule has 2 aromatic rings. The zero-order valence-corrected chi connectivity index (χ0v) is 13.2. The van der Waals surface area contributed by atoms with Gasteiger partial charge in [-0.3, -0.25) is 4.79 Å². The Morgan fingerprint density at radius 2 is 2.05 bits per heavy atom. The molecule has 1 atom stereocenters. The molecule has 0 aliphatic heterocycles. The largest absolute Gasteiger partial charge is 0.378 e. The van der Waals surface area contributed by atoms with Crippen LogP contribution < -0.4 is 11.1 Å². The van der Waals surface area contributed by atoms with Gasteiger partial charge in [-0.15, -0.1) is 0 Å². The van der Waals surface area contributed by atoms with Gasteiger partial charge in [-0.05, 0) is 42.8 Å². The van der Waals surface area contributed by atoms with Crippen molar-refractivity contribution < 1.29 is 4.79 Å². The fourth-order valence-corrected chi connectivity index (χ4v) is 2.54. The van der Waals surface area contributed by atoms with Gasteiger partial charge in [-0.2, -0.15) is 0 Å². The number of hydrogen-bond acceptors (Lipinski definition) is 2. The first-order chi connectivity index (χ1) is 9.47. The number of hydrogen-bond donors (Lipinski definition) is 2. The Morgan fingerprint density at radius 3 is 2.70 bits per heavy atom. The summed E-state index contributed by atoms with van der Waals surface area (Å²) in [6.45, 7) is 2.04. The lowest BCUT2D eigenvalue weighted by Crippen LogP contribution is -2.13. The first-order valence-corrected chi connectivity index (χ1v) is 7.26. The highest BCUT2D eigenvalue weighted by Crippen LogP contribution is 2.25. The lowest BCUT2D eigenvalue weighted by molar-refractivity contribution is 0.100. The normalized spacial score (nSPS) is 11.9. The highest BCUT2D eigenvalue weighted by atomic mass is 79.9. The molecule has 0 aromatic heterocycles. The van der Waals surface area contributed by atoms with Gasteiger partial charge in [0, 0.05) is 16.2 Å². The van der Waals surface area contributed by atoms with Crippen LogP contribution in [-0.4, -0.2) is 5.91 Å². The van der Waals surface area contributed by atoms with Crippen molar-refractivity contribution in [3.05, 3.63) is 63.1 Å². The van der Waals surface area contributed by atoms with Gasteiger partial charge in [-0.1, -0.05) is 39.7 Å². The van der Waals surface area contributed by atoms with E-state index in [4.69, 9.17) is 17.3 Å². The smallest absolute Gasteiger partial charge is 0.250 e. The van der Waals surface area contributed by atoms with Crippen molar-refractivity contribution in [2.75, 3.05) is 5.32 Å². The third kappa shape index (κ3) is 3.52. The number of nitrogens with two attached hydrogens (primary N) is 1. The van der Waals surface area contributed by atoms with Crippen LogP contribution in [0.25, 0.3) is 0 Å². The third-order valence-corrected chi connectivity index (χ3v) is 3.79. The molecule has 0 fully saturated rings. The number of anilines is 1. The van der Waals surface area contributed by atoms with E-state index in [0.717, 1.165) is 15.7 Å². The van der Waals surface area contributed by atoms with Crippen molar-refractivity contribution in [2.45, 2.75) is 13.0 Å². The van der Waals surface area contributed by atoms with E-state index in [1.165, 1.54) is 0 Å². The second kappa shape index (κ2) is 6.29. The summed E-state index contributed by atoms with van der Waals surface area (Å²) in [7, 11) is 0. The Kier molecular flexibility index (Phi) is 4.68. The van der Waals surface area contributed by atoms with Crippen LogP contribution in [-0.2, 0) is 0 Å². The molecule has 0 spiro atoms. The molecule has 3 N–H and O–H groups in total. The average molecular weight is 354 g/mol. The molecule has 0 bridgehead atoms. The van der Waals surface area contributed by atoms with Gasteiger partial charge in [0.2, 0.25) is 5.91 Å². The summed E-state index contributed by atoms with van der Waals surface area (Å²) >= 11 is 9.38. The van der Waals surface area contributed by atoms with Crippen LogP contribution in [0.2, 0.25) is 5.02 Å². The maximum atomic E-state index is 11.3. The zero-order chi connectivity index (χ0) is 14.7. The number of benzene rings is 2. The van der Waals surface area contributed by atoms with Gasteiger partial charge in [0.15, 0.2) is 0 Å². The molecule has 0 saturated heterocycles. The minimum absolute atomic E-state index is 0.0920. The molecule has 2 rings (SSSR count). The summed E-state index contributed by atoms with van der Waals surface area (Å²) in [5, 5.41) is 3.68. The highest BCUT2D eigenvalue weighted by Gasteiger charge is 2.10. The van der Waals surface area contributed by atoms with Crippen LogP contribution in [0.15, 0.2) is 46.9 Å². The van der Waals surface area contributed by atoms with Gasteiger partial charge in [0.25, 0.3) is 0 Å². The fraction of sp³-hybridized carbons (Fsp3) is 0.133. The number of amides is 1. The van der Waals surface area contributed by atoms with Gasteiger partial charge >= 0.3 is 0 Å². The van der Waals surface area contributed by atoms with Crippen molar-refractivity contribution in [3.8, 4) is 0 Å². The Balaban J connectivity index is 2.22. The second-order valence-corrected chi connectivity index (χ2v) is 5.80. The molecular formula is C15H14BrClN2O. The van der Waals surface area contributed by atoms with Crippen LogP contribution >= 0.6 is 27.5 Å². The maximum Gasteiger partial charge on any atom is 0.250 e. The summed E-state index contributed by atoms with van der Waals surface area (Å²) in [5.41, 5.74) is 7.54. The molecule has 1 amide bonds. The molecule has 0 aliphatic carbocycles. The predicted molar refractivity (Wildman–Crippen MR) is 86.1 cm³/mol. The van der Waals surface area contributed by atoms with E-state index < -0.39 is 5.91 Å². The van der Waals surface area contributed by atoms with Crippen LogP contribution in [0.4, 0.5) is 5.69 Å². The molecule has 3 nitrogen and oxygen atoms in total. The minimum Gasteiger partial charge on any atom is -0.378 e. The van der Waals surface area contributed by atoms with Crippen molar-refractivity contribution in [3.63, 3.8) is 0 Å². The van der Waals surface area contributed by atoms with E-state index in [1.54, 1.807) is 12.1 Å². The standard InChI is InChI=1S/C15H14BrClN2O/c1-9(10-3-2-4-11(16)7-10)19-12-5-6-14(17)13(8-12)15(18)20/h2-9,19H,1H3,(H2,18,20). The van der Waals surface area contributed by atoms with Gasteiger partial charge in [-0.25, -0.2) is 0 Å². The first-order valence-electron chi connectivity index (χ1n) is 6.08. The molecule has 0 heterocycles. The molecular weight excluding hydrogens is 340 g/mol. The van der Waals surface area contributed by atoms with E-state index in [0.29, 0.717) is 10.6 Å². The number of carbonyl (C=O) groups is 1. The minimum atomic E-state index is -0.534. The Morgan fingerprint density at radius 1 is 1.30 bits per heavy atom. The summed E-state index contributed by atoms with van der Waals surface area (Å²) in [5.74, 6) is -0.534. The third-order valence-electron chi connectivity index (χ3n) is 2.96. The predicted octanol–water partition coefficient (Wildman–Crippen LogP) is 4.37. The lowest BCUT2D eigenvalue weighted by Gasteiger charge is -2.16. The molecule has 2 aromatic carbocycles. The second-order valence-electron chi connectivity index (χ2n) is 4.48. The highest BCUT2D eigenvalue weighted by molar-refractivity contribution is 9.10. The topological polar surface area (TPSA) is 55.1 Å². The number of rotatable bonds is 4. The number of halogens is 2. The van der Waals surface area contributed by atoms with E-state index in [-0.39, 0.29) is 6.04 Å². The summed E-state index contributed by atoms with van der Waals surface area (Å²) in [6, 6.07) is 13.3. The quantitative estimate of drug-likeness (QED) is 0.857. The average Bonchev–Trinajstić information content (AvgIpc) is 2.40. The maximum absolute atomic E-state index is 11.3. The van der Waals surface area contributed by atoms with Gasteiger partial charge < -0.3 is 11.1 Å². The first kappa shape index (κ1) is 14.9. The Hall–Kier alpha value is -1.52.